The van der Waals surface area contributed by atoms with Crippen molar-refractivity contribution in [2.45, 2.75) is 6.92 Å². The average Bonchev–Trinajstić information content (AvgIpc) is 2.75. The van der Waals surface area contributed by atoms with Crippen LogP contribution in [0.3, 0.4) is 0 Å². The fraction of sp³-hybridized carbons (Fsp3) is 0.130. The molecule has 0 aliphatic carbocycles. The predicted octanol–water partition coefficient (Wildman–Crippen LogP) is 4.23. The molecule has 0 bridgehead atoms. The summed E-state index contributed by atoms with van der Waals surface area (Å²) in [4.78, 5) is 17.1. The van der Waals surface area contributed by atoms with Gasteiger partial charge in [0.2, 0.25) is 0 Å². The van der Waals surface area contributed by atoms with Crippen LogP contribution in [0.25, 0.3) is 21.8 Å². The molecule has 3 aromatic carbocycles. The summed E-state index contributed by atoms with van der Waals surface area (Å²) in [5.41, 5.74) is 9.44. The molecule has 0 saturated carbocycles. The number of hydrogen-bond acceptors (Lipinski definition) is 5. The second-order valence-electron chi connectivity index (χ2n) is 6.64. The molecule has 0 aliphatic heterocycles. The zero-order valence-electron chi connectivity index (χ0n) is 16.2. The van der Waals surface area contributed by atoms with Crippen molar-refractivity contribution in [3.63, 3.8) is 0 Å². The second kappa shape index (κ2) is 8.06. The van der Waals surface area contributed by atoms with Gasteiger partial charge in [0, 0.05) is 10.8 Å². The maximum absolute atomic E-state index is 12.4. The minimum Gasteiger partial charge on any atom is -0.493 e. The lowest BCUT2D eigenvalue weighted by atomic mass is 10.1. The summed E-state index contributed by atoms with van der Waals surface area (Å²) in [7, 11) is 1.56. The molecule has 4 aromatic rings. The third-order valence-corrected chi connectivity index (χ3v) is 4.59. The topological polar surface area (TPSA) is 72.5 Å². The number of rotatable bonds is 6. The number of nitrogens with one attached hydrogen (secondary N) is 2. The summed E-state index contributed by atoms with van der Waals surface area (Å²) in [6.07, 6.45) is 0. The third-order valence-electron chi connectivity index (χ3n) is 4.59. The van der Waals surface area contributed by atoms with Gasteiger partial charge in [-0.1, -0.05) is 42.5 Å². The number of carbonyl (C=O) groups is 1. The number of para-hydroxylation sites is 3. The molecular formula is C23H21N3O3. The maximum Gasteiger partial charge on any atom is 0.276 e. The highest BCUT2D eigenvalue weighted by molar-refractivity contribution is 6.07. The van der Waals surface area contributed by atoms with Gasteiger partial charge in [0.05, 0.1) is 23.8 Å². The van der Waals surface area contributed by atoms with Gasteiger partial charge in [0.1, 0.15) is 0 Å². The molecule has 0 aliphatic rings. The molecule has 1 amide bonds. The molecule has 0 atom stereocenters. The molecule has 0 spiro atoms. The van der Waals surface area contributed by atoms with Crippen molar-refractivity contribution in [1.29, 1.82) is 0 Å². The van der Waals surface area contributed by atoms with Crippen LogP contribution in [0.4, 0.5) is 5.69 Å². The number of aryl methyl sites for hydroxylation is 1. The van der Waals surface area contributed by atoms with Crippen molar-refractivity contribution < 1.29 is 14.3 Å². The number of hydrazine groups is 1. The fourth-order valence-corrected chi connectivity index (χ4v) is 3.19. The van der Waals surface area contributed by atoms with Gasteiger partial charge in [-0.15, -0.1) is 0 Å². The van der Waals surface area contributed by atoms with Crippen LogP contribution in [0, 0.1) is 6.92 Å². The van der Waals surface area contributed by atoms with Crippen LogP contribution in [0.5, 0.6) is 11.5 Å². The van der Waals surface area contributed by atoms with Gasteiger partial charge in [-0.05, 0) is 36.8 Å². The smallest absolute Gasteiger partial charge is 0.276 e. The first-order valence-electron chi connectivity index (χ1n) is 9.25. The molecule has 0 fully saturated rings. The van der Waals surface area contributed by atoms with Gasteiger partial charge in [0.15, 0.2) is 18.1 Å². The van der Waals surface area contributed by atoms with Gasteiger partial charge in [-0.3, -0.25) is 15.6 Å². The molecule has 0 unspecified atom stereocenters. The Bertz CT molecular complexity index is 1190. The number of pyridine rings is 1. The minimum atomic E-state index is -0.308. The number of aromatic nitrogens is 1. The van der Waals surface area contributed by atoms with Gasteiger partial charge < -0.3 is 9.47 Å². The minimum absolute atomic E-state index is 0.145. The first-order valence-corrected chi connectivity index (χ1v) is 9.25. The van der Waals surface area contributed by atoms with Crippen LogP contribution in [-0.4, -0.2) is 24.6 Å². The standard InChI is InChI=1S/C23H21N3O3/c1-15-11-12-17-19(13-15)24-18-8-4-3-7-16(18)23(17)26-25-22(27)14-29-21-10-6-5-9-20(21)28-2/h3-13H,14H2,1-2H3,(H,24,26)(H,25,27). The van der Waals surface area contributed by atoms with Crippen molar-refractivity contribution in [3.05, 3.63) is 72.3 Å². The molecule has 29 heavy (non-hydrogen) atoms. The lowest BCUT2D eigenvalue weighted by Gasteiger charge is -2.15. The number of anilines is 1. The Morgan fingerprint density at radius 2 is 1.66 bits per heavy atom. The molecule has 146 valence electrons. The largest absolute Gasteiger partial charge is 0.493 e. The highest BCUT2D eigenvalue weighted by Gasteiger charge is 2.11. The van der Waals surface area contributed by atoms with E-state index in [-0.39, 0.29) is 12.5 Å². The molecular weight excluding hydrogens is 366 g/mol. The Morgan fingerprint density at radius 3 is 2.48 bits per heavy atom. The summed E-state index contributed by atoms with van der Waals surface area (Å²) in [5.74, 6) is 0.784. The molecule has 2 N–H and O–H groups in total. The van der Waals surface area contributed by atoms with Crippen LogP contribution in [0.15, 0.2) is 66.7 Å². The van der Waals surface area contributed by atoms with E-state index in [0.717, 1.165) is 33.1 Å². The van der Waals surface area contributed by atoms with Crippen molar-refractivity contribution in [2.24, 2.45) is 0 Å². The zero-order valence-corrected chi connectivity index (χ0v) is 16.2. The summed E-state index contributed by atoms with van der Waals surface area (Å²) >= 11 is 0. The Kier molecular flexibility index (Phi) is 5.16. The van der Waals surface area contributed by atoms with E-state index in [1.54, 1.807) is 19.2 Å². The molecule has 1 heterocycles. The van der Waals surface area contributed by atoms with E-state index in [1.165, 1.54) is 0 Å². The Labute approximate surface area is 168 Å². The summed E-state index contributed by atoms with van der Waals surface area (Å²) < 4.78 is 10.8. The van der Waals surface area contributed by atoms with Crippen LogP contribution < -0.4 is 20.3 Å². The van der Waals surface area contributed by atoms with E-state index in [0.29, 0.717) is 11.5 Å². The zero-order chi connectivity index (χ0) is 20.2. The van der Waals surface area contributed by atoms with Gasteiger partial charge >= 0.3 is 0 Å². The summed E-state index contributed by atoms with van der Waals surface area (Å²) in [6.45, 7) is 1.88. The molecule has 6 nitrogen and oxygen atoms in total. The van der Waals surface area contributed by atoms with Crippen molar-refractivity contribution in [3.8, 4) is 11.5 Å². The van der Waals surface area contributed by atoms with Crippen molar-refractivity contribution in [1.82, 2.24) is 10.4 Å². The lowest BCUT2D eigenvalue weighted by molar-refractivity contribution is -0.122. The maximum atomic E-state index is 12.4. The molecule has 6 heteroatoms. The van der Waals surface area contributed by atoms with Crippen molar-refractivity contribution in [2.75, 3.05) is 19.1 Å². The van der Waals surface area contributed by atoms with E-state index >= 15 is 0 Å². The van der Waals surface area contributed by atoms with E-state index in [1.807, 2.05) is 61.5 Å². The fourth-order valence-electron chi connectivity index (χ4n) is 3.19. The van der Waals surface area contributed by atoms with E-state index in [9.17, 15) is 4.79 Å². The Hall–Kier alpha value is -3.80. The number of carbonyl (C=O) groups excluding carboxylic acids is 1. The molecule has 0 saturated heterocycles. The third kappa shape index (κ3) is 3.91. The Balaban J connectivity index is 1.55. The van der Waals surface area contributed by atoms with Crippen LogP contribution in [0.2, 0.25) is 0 Å². The average molecular weight is 387 g/mol. The second-order valence-corrected chi connectivity index (χ2v) is 6.64. The molecule has 1 aromatic heterocycles. The van der Waals surface area contributed by atoms with Gasteiger partial charge in [0.25, 0.3) is 5.91 Å². The van der Waals surface area contributed by atoms with Crippen LogP contribution in [0.1, 0.15) is 5.56 Å². The van der Waals surface area contributed by atoms with Gasteiger partial charge in [-0.25, -0.2) is 4.98 Å². The first kappa shape index (κ1) is 18.6. The van der Waals surface area contributed by atoms with Crippen molar-refractivity contribution >= 4 is 33.4 Å². The van der Waals surface area contributed by atoms with Crippen LogP contribution in [-0.2, 0) is 4.79 Å². The number of nitrogens with zero attached hydrogens (tertiary/aromatic N) is 1. The highest BCUT2D eigenvalue weighted by atomic mass is 16.5. The first-order chi connectivity index (χ1) is 14.2. The molecule has 4 rings (SSSR count). The van der Waals surface area contributed by atoms with E-state index < -0.39 is 0 Å². The van der Waals surface area contributed by atoms with E-state index in [2.05, 4.69) is 10.9 Å². The SMILES string of the molecule is COc1ccccc1OCC(=O)NNc1c2ccccc2nc2cc(C)ccc12. The monoisotopic (exact) mass is 387 g/mol. The lowest BCUT2D eigenvalue weighted by Crippen LogP contribution is -2.33. The van der Waals surface area contributed by atoms with E-state index in [4.69, 9.17) is 14.5 Å². The number of hydrogen-bond donors (Lipinski definition) is 2. The Morgan fingerprint density at radius 1 is 0.931 bits per heavy atom. The number of benzene rings is 3. The van der Waals surface area contributed by atoms with Crippen LogP contribution >= 0.6 is 0 Å². The predicted molar refractivity (Wildman–Crippen MR) is 114 cm³/mol. The summed E-state index contributed by atoms with van der Waals surface area (Å²) in [6, 6.07) is 21.1. The number of fused-ring (bicyclic) bond motifs is 2. The normalized spacial score (nSPS) is 10.7. The molecule has 0 radical (unpaired) electrons. The number of methoxy groups -OCH3 is 1. The summed E-state index contributed by atoms with van der Waals surface area (Å²) in [5, 5.41) is 1.86. The number of ether oxygens (including phenoxy) is 2. The highest BCUT2D eigenvalue weighted by Crippen LogP contribution is 2.30. The quantitative estimate of drug-likeness (QED) is 0.383. The number of amides is 1. The van der Waals surface area contributed by atoms with Gasteiger partial charge in [-0.2, -0.15) is 0 Å².